The van der Waals surface area contributed by atoms with E-state index in [9.17, 15) is 19.5 Å². The Labute approximate surface area is 224 Å². The second kappa shape index (κ2) is 11.5. The number of ether oxygens (including phenoxy) is 3. The van der Waals surface area contributed by atoms with E-state index in [0.29, 0.717) is 41.5 Å². The van der Waals surface area contributed by atoms with E-state index in [2.05, 4.69) is 4.98 Å². The molecular weight excluding hydrogens is 508 g/mol. The molecule has 1 atom stereocenters. The van der Waals surface area contributed by atoms with Crippen molar-refractivity contribution in [3.8, 4) is 11.5 Å². The quantitative estimate of drug-likeness (QED) is 0.175. The predicted octanol–water partition coefficient (Wildman–Crippen LogP) is 5.05. The number of carbonyl (C=O) groups excluding carboxylic acids is 3. The Hall–Kier alpha value is -4.18. The zero-order chi connectivity index (χ0) is 27.4. The summed E-state index contributed by atoms with van der Waals surface area (Å²) < 4.78 is 16.2. The van der Waals surface area contributed by atoms with Crippen molar-refractivity contribution in [1.82, 2.24) is 4.98 Å². The van der Waals surface area contributed by atoms with Crippen molar-refractivity contribution in [3.05, 3.63) is 75.8 Å². The lowest BCUT2D eigenvalue weighted by atomic mass is 9.95. The van der Waals surface area contributed by atoms with Gasteiger partial charge in [-0.1, -0.05) is 35.6 Å². The van der Waals surface area contributed by atoms with Crippen LogP contribution in [0.25, 0.3) is 5.76 Å². The number of hydrogen-bond acceptors (Lipinski definition) is 9. The van der Waals surface area contributed by atoms with Gasteiger partial charge in [0.1, 0.15) is 22.1 Å². The number of carbonyl (C=O) groups is 3. The lowest BCUT2D eigenvalue weighted by molar-refractivity contribution is -0.132. The highest BCUT2D eigenvalue weighted by Crippen LogP contribution is 2.44. The van der Waals surface area contributed by atoms with Crippen LogP contribution in [-0.4, -0.2) is 47.6 Å². The number of esters is 1. The summed E-state index contributed by atoms with van der Waals surface area (Å²) in [6.07, 6.45) is 0. The highest BCUT2D eigenvalue weighted by Gasteiger charge is 2.48. The Kier molecular flexibility index (Phi) is 8.11. The molecule has 0 bridgehead atoms. The molecule has 38 heavy (non-hydrogen) atoms. The van der Waals surface area contributed by atoms with Crippen LogP contribution in [0.5, 0.6) is 11.5 Å². The van der Waals surface area contributed by atoms with E-state index in [1.54, 1.807) is 62.4 Å². The molecule has 1 amide bonds. The zero-order valence-electron chi connectivity index (χ0n) is 21.5. The number of aliphatic hydroxyl groups excluding tert-OH is 1. The normalized spacial score (nSPS) is 16.5. The molecule has 0 spiro atoms. The van der Waals surface area contributed by atoms with Crippen molar-refractivity contribution in [2.24, 2.45) is 0 Å². The van der Waals surface area contributed by atoms with Gasteiger partial charge in [0.05, 0.1) is 37.1 Å². The molecule has 1 aromatic heterocycles. The summed E-state index contributed by atoms with van der Waals surface area (Å²) in [5, 5.41) is 11.5. The minimum atomic E-state index is -0.998. The molecule has 1 aliphatic heterocycles. The molecule has 2 heterocycles. The maximum atomic E-state index is 13.4. The van der Waals surface area contributed by atoms with E-state index in [-0.39, 0.29) is 27.9 Å². The van der Waals surface area contributed by atoms with Crippen LogP contribution in [0.2, 0.25) is 0 Å². The molecule has 10 heteroatoms. The first-order valence-corrected chi connectivity index (χ1v) is 13.0. The van der Waals surface area contributed by atoms with Crippen molar-refractivity contribution in [3.63, 3.8) is 0 Å². The first-order chi connectivity index (χ1) is 18.3. The standard InChI is InChI=1S/C28H28N2O7S/c1-5-35-19-13-11-17(12-14-19)22-21(23(31)18-9-8-10-20(15-18)36-6-2)24(32)26(33)30(22)28-29-16(4)25(38-28)27(34)37-7-3/h8-15,22,31H,5-7H2,1-4H3. The predicted molar refractivity (Wildman–Crippen MR) is 143 cm³/mol. The molecule has 1 unspecified atom stereocenters. The van der Waals surface area contributed by atoms with Gasteiger partial charge in [0, 0.05) is 5.56 Å². The lowest BCUT2D eigenvalue weighted by Gasteiger charge is -2.23. The molecule has 198 valence electrons. The molecule has 9 nitrogen and oxygen atoms in total. The van der Waals surface area contributed by atoms with Gasteiger partial charge in [0.25, 0.3) is 5.78 Å². The average Bonchev–Trinajstić information content (AvgIpc) is 3.41. The molecule has 1 aliphatic rings. The summed E-state index contributed by atoms with van der Waals surface area (Å²) in [5.74, 6) is -1.50. The third-order valence-electron chi connectivity index (χ3n) is 5.82. The van der Waals surface area contributed by atoms with Gasteiger partial charge in [0.2, 0.25) is 0 Å². The summed E-state index contributed by atoms with van der Waals surface area (Å²) >= 11 is 0.957. The van der Waals surface area contributed by atoms with Crippen LogP contribution >= 0.6 is 11.3 Å². The fraction of sp³-hybridized carbons (Fsp3) is 0.286. The summed E-state index contributed by atoms with van der Waals surface area (Å²) in [5.41, 5.74) is 1.16. The summed E-state index contributed by atoms with van der Waals surface area (Å²) in [6.45, 7) is 8.11. The highest BCUT2D eigenvalue weighted by molar-refractivity contribution is 7.17. The monoisotopic (exact) mass is 536 g/mol. The van der Waals surface area contributed by atoms with Crippen molar-refractivity contribution >= 4 is 39.9 Å². The van der Waals surface area contributed by atoms with E-state index in [1.165, 1.54) is 4.90 Å². The Balaban J connectivity index is 1.88. The number of aliphatic hydroxyl groups is 1. The third kappa shape index (κ3) is 5.12. The van der Waals surface area contributed by atoms with Crippen LogP contribution in [0, 0.1) is 6.92 Å². The Bertz CT molecular complexity index is 1390. The van der Waals surface area contributed by atoms with Crippen molar-refractivity contribution in [1.29, 1.82) is 0 Å². The van der Waals surface area contributed by atoms with Crippen molar-refractivity contribution < 1.29 is 33.7 Å². The first kappa shape index (κ1) is 26.9. The Morgan fingerprint density at radius 2 is 1.68 bits per heavy atom. The number of Topliss-reactive ketones (excluding diaryl/α,β-unsaturated/α-hetero) is 1. The van der Waals surface area contributed by atoms with Crippen LogP contribution in [0.3, 0.4) is 0 Å². The van der Waals surface area contributed by atoms with Crippen LogP contribution in [0.1, 0.15) is 53.3 Å². The zero-order valence-corrected chi connectivity index (χ0v) is 22.3. The smallest absolute Gasteiger partial charge is 0.350 e. The number of anilines is 1. The minimum absolute atomic E-state index is 0.0988. The fourth-order valence-electron chi connectivity index (χ4n) is 4.18. The number of nitrogens with zero attached hydrogens (tertiary/aromatic N) is 2. The summed E-state index contributed by atoms with van der Waals surface area (Å²) in [4.78, 5) is 45.2. The van der Waals surface area contributed by atoms with Crippen LogP contribution < -0.4 is 14.4 Å². The van der Waals surface area contributed by atoms with Gasteiger partial charge < -0.3 is 19.3 Å². The molecule has 4 rings (SSSR count). The number of rotatable bonds is 9. The maximum Gasteiger partial charge on any atom is 0.350 e. The van der Waals surface area contributed by atoms with Crippen molar-refractivity contribution in [2.75, 3.05) is 24.7 Å². The second-order valence-corrected chi connectivity index (χ2v) is 9.24. The molecule has 1 saturated heterocycles. The molecule has 3 aromatic rings. The van der Waals surface area contributed by atoms with E-state index >= 15 is 0 Å². The van der Waals surface area contributed by atoms with Crippen LogP contribution in [0.4, 0.5) is 5.13 Å². The number of thiazole rings is 1. The molecule has 2 aromatic carbocycles. The Morgan fingerprint density at radius 1 is 1.00 bits per heavy atom. The van der Waals surface area contributed by atoms with Gasteiger partial charge in [-0.2, -0.15) is 0 Å². The number of hydrogen-bond donors (Lipinski definition) is 1. The number of ketones is 1. The number of aromatic nitrogens is 1. The third-order valence-corrected chi connectivity index (χ3v) is 6.96. The van der Waals surface area contributed by atoms with E-state index in [4.69, 9.17) is 14.2 Å². The number of aryl methyl sites for hydroxylation is 1. The van der Waals surface area contributed by atoms with E-state index in [1.807, 2.05) is 13.8 Å². The molecule has 1 fully saturated rings. The van der Waals surface area contributed by atoms with Gasteiger partial charge >= 0.3 is 11.9 Å². The lowest BCUT2D eigenvalue weighted by Crippen LogP contribution is -2.29. The number of amides is 1. The summed E-state index contributed by atoms with van der Waals surface area (Å²) in [6, 6.07) is 12.6. The maximum absolute atomic E-state index is 13.4. The first-order valence-electron chi connectivity index (χ1n) is 12.2. The minimum Gasteiger partial charge on any atom is -0.507 e. The van der Waals surface area contributed by atoms with Gasteiger partial charge in [-0.25, -0.2) is 9.78 Å². The van der Waals surface area contributed by atoms with Gasteiger partial charge in [-0.05, 0) is 57.5 Å². The molecule has 1 N–H and O–H groups in total. The second-order valence-electron chi connectivity index (χ2n) is 8.26. The van der Waals surface area contributed by atoms with E-state index < -0.39 is 23.7 Å². The molecule has 0 radical (unpaired) electrons. The van der Waals surface area contributed by atoms with Crippen molar-refractivity contribution in [2.45, 2.75) is 33.7 Å². The molecule has 0 aliphatic carbocycles. The Morgan fingerprint density at radius 3 is 2.34 bits per heavy atom. The summed E-state index contributed by atoms with van der Waals surface area (Å²) in [7, 11) is 0. The largest absolute Gasteiger partial charge is 0.507 e. The molecule has 0 saturated carbocycles. The average molecular weight is 537 g/mol. The number of benzene rings is 2. The topological polar surface area (TPSA) is 115 Å². The van der Waals surface area contributed by atoms with Gasteiger partial charge in [0.15, 0.2) is 5.13 Å². The van der Waals surface area contributed by atoms with Crippen LogP contribution in [-0.2, 0) is 14.3 Å². The van der Waals surface area contributed by atoms with E-state index in [0.717, 1.165) is 11.3 Å². The van der Waals surface area contributed by atoms with Crippen LogP contribution in [0.15, 0.2) is 54.1 Å². The highest BCUT2D eigenvalue weighted by atomic mass is 32.1. The molecular formula is C28H28N2O7S. The SMILES string of the molecule is CCOC(=O)c1sc(N2C(=O)C(=O)C(=C(O)c3cccc(OCC)c3)C2c2ccc(OCC)cc2)nc1C. The van der Waals surface area contributed by atoms with Gasteiger partial charge in [-0.15, -0.1) is 0 Å². The fourth-order valence-corrected chi connectivity index (χ4v) is 5.17. The van der Waals surface area contributed by atoms with Gasteiger partial charge in [-0.3, -0.25) is 14.5 Å².